The highest BCUT2D eigenvalue weighted by molar-refractivity contribution is 5.80. The van der Waals surface area contributed by atoms with Crippen molar-refractivity contribution >= 4 is 23.1 Å². The quantitative estimate of drug-likeness (QED) is 0.372. The Morgan fingerprint density at radius 1 is 1.21 bits per heavy atom. The lowest BCUT2D eigenvalue weighted by Crippen LogP contribution is -2.34. The minimum atomic E-state index is -0.459. The van der Waals surface area contributed by atoms with Crippen LogP contribution in [-0.4, -0.2) is 67.9 Å². The van der Waals surface area contributed by atoms with Gasteiger partial charge in [-0.3, -0.25) is 9.47 Å². The second kappa shape index (κ2) is 12.0. The summed E-state index contributed by atoms with van der Waals surface area (Å²) in [6, 6.07) is 7.99. The van der Waals surface area contributed by atoms with E-state index in [1.165, 1.54) is 4.90 Å². The molecule has 0 bridgehead atoms. The van der Waals surface area contributed by atoms with Crippen molar-refractivity contribution in [3.8, 4) is 0 Å². The molecule has 9 heteroatoms. The van der Waals surface area contributed by atoms with Crippen LogP contribution in [0.2, 0.25) is 0 Å². The summed E-state index contributed by atoms with van der Waals surface area (Å²) < 4.78 is 23.9. The topological polar surface area (TPSA) is 87.1 Å². The summed E-state index contributed by atoms with van der Waals surface area (Å²) in [4.78, 5) is 18.6. The Labute approximate surface area is 195 Å². The van der Waals surface area contributed by atoms with Gasteiger partial charge in [0.2, 0.25) is 5.95 Å². The molecule has 1 aromatic heterocycles. The third-order valence-electron chi connectivity index (χ3n) is 5.83. The van der Waals surface area contributed by atoms with Gasteiger partial charge in [0.25, 0.3) is 0 Å². The standard InChI is InChI=1S/C24H36N4O5/c1-6-17(3)21-18(7-2)22(28-20-11-9-8-10-19(20)25-23(28)26-21)33-16-27(4)24(29)32-15-14-31-13-12-30-5/h8-11,17,22H,6-7,12-16H2,1-5H3,(H,25,26). The van der Waals surface area contributed by atoms with Gasteiger partial charge in [0.05, 0.1) is 30.9 Å². The number of aromatic nitrogens is 2. The van der Waals surface area contributed by atoms with Crippen LogP contribution >= 0.6 is 0 Å². The van der Waals surface area contributed by atoms with Crippen molar-refractivity contribution in [1.29, 1.82) is 0 Å². The minimum Gasteiger partial charge on any atom is -0.447 e. The molecule has 2 unspecified atom stereocenters. The van der Waals surface area contributed by atoms with Crippen molar-refractivity contribution in [2.24, 2.45) is 5.92 Å². The first kappa shape index (κ1) is 25.0. The molecule has 0 spiro atoms. The monoisotopic (exact) mass is 460 g/mol. The van der Waals surface area contributed by atoms with Crippen LogP contribution in [0.1, 0.15) is 39.8 Å². The van der Waals surface area contributed by atoms with E-state index in [9.17, 15) is 4.79 Å². The lowest BCUT2D eigenvalue weighted by Gasteiger charge is -2.34. The Morgan fingerprint density at radius 2 is 1.97 bits per heavy atom. The van der Waals surface area contributed by atoms with E-state index in [-0.39, 0.29) is 19.6 Å². The van der Waals surface area contributed by atoms with Crippen LogP contribution < -0.4 is 5.32 Å². The van der Waals surface area contributed by atoms with Crippen molar-refractivity contribution in [3.63, 3.8) is 0 Å². The zero-order valence-electron chi connectivity index (χ0n) is 20.3. The molecule has 3 rings (SSSR count). The Kier molecular flexibility index (Phi) is 9.11. The zero-order valence-corrected chi connectivity index (χ0v) is 20.3. The summed E-state index contributed by atoms with van der Waals surface area (Å²) in [5.74, 6) is 1.09. The molecule has 0 saturated heterocycles. The number of carbonyl (C=O) groups excluding carboxylic acids is 1. The van der Waals surface area contributed by atoms with Crippen LogP contribution in [0.3, 0.4) is 0 Å². The van der Waals surface area contributed by atoms with E-state index in [0.717, 1.165) is 41.1 Å². The number of nitrogens with zero attached hydrogens (tertiary/aromatic N) is 3. The van der Waals surface area contributed by atoms with E-state index >= 15 is 0 Å². The van der Waals surface area contributed by atoms with E-state index in [0.29, 0.717) is 25.7 Å². The Hall–Kier alpha value is -2.62. The number of allylic oxidation sites excluding steroid dienone is 1. The maximum atomic E-state index is 12.4. The largest absolute Gasteiger partial charge is 0.447 e. The molecule has 0 saturated carbocycles. The van der Waals surface area contributed by atoms with Crippen LogP contribution in [-0.2, 0) is 18.9 Å². The van der Waals surface area contributed by atoms with Crippen molar-refractivity contribution < 1.29 is 23.7 Å². The summed E-state index contributed by atoms with van der Waals surface area (Å²) in [5.41, 5.74) is 4.19. The van der Waals surface area contributed by atoms with E-state index in [2.05, 4.69) is 30.7 Å². The molecule has 2 atom stereocenters. The molecule has 1 aromatic carbocycles. The Bertz CT molecular complexity index is 957. The minimum absolute atomic E-state index is 0.0806. The number of anilines is 1. The Balaban J connectivity index is 1.73. The van der Waals surface area contributed by atoms with Gasteiger partial charge in [0.1, 0.15) is 13.3 Å². The maximum Gasteiger partial charge on any atom is 0.411 e. The average molecular weight is 461 g/mol. The molecular formula is C24H36N4O5. The fraction of sp³-hybridized carbons (Fsp3) is 0.583. The molecule has 1 amide bonds. The first-order valence-electron chi connectivity index (χ1n) is 11.5. The Morgan fingerprint density at radius 3 is 2.70 bits per heavy atom. The van der Waals surface area contributed by atoms with Gasteiger partial charge in [-0.25, -0.2) is 9.78 Å². The summed E-state index contributed by atoms with van der Waals surface area (Å²) in [5, 5.41) is 3.55. The molecular weight excluding hydrogens is 424 g/mol. The number of imidazole rings is 1. The number of hydrogen-bond acceptors (Lipinski definition) is 7. The first-order chi connectivity index (χ1) is 16.0. The number of para-hydroxylation sites is 2. The number of benzene rings is 1. The number of nitrogens with one attached hydrogen (secondary N) is 1. The first-order valence-corrected chi connectivity index (χ1v) is 11.5. The van der Waals surface area contributed by atoms with E-state index in [1.807, 2.05) is 24.3 Å². The van der Waals surface area contributed by atoms with Gasteiger partial charge >= 0.3 is 6.09 Å². The van der Waals surface area contributed by atoms with Gasteiger partial charge in [0.15, 0.2) is 6.23 Å². The van der Waals surface area contributed by atoms with Crippen LogP contribution in [0.5, 0.6) is 0 Å². The number of ether oxygens (including phenoxy) is 4. The van der Waals surface area contributed by atoms with Gasteiger partial charge in [-0.15, -0.1) is 0 Å². The molecule has 0 fully saturated rings. The normalized spacial score (nSPS) is 16.5. The molecule has 9 nitrogen and oxygen atoms in total. The van der Waals surface area contributed by atoms with E-state index in [4.69, 9.17) is 23.9 Å². The lowest BCUT2D eigenvalue weighted by molar-refractivity contribution is -0.0329. The van der Waals surface area contributed by atoms with Crippen LogP contribution in [0.4, 0.5) is 10.7 Å². The van der Waals surface area contributed by atoms with Gasteiger partial charge < -0.3 is 24.3 Å². The molecule has 0 aliphatic carbocycles. The van der Waals surface area contributed by atoms with Gasteiger partial charge in [-0.1, -0.05) is 32.9 Å². The third-order valence-corrected chi connectivity index (χ3v) is 5.83. The van der Waals surface area contributed by atoms with Crippen LogP contribution in [0.15, 0.2) is 35.5 Å². The van der Waals surface area contributed by atoms with Crippen LogP contribution in [0.25, 0.3) is 11.0 Å². The average Bonchev–Trinajstić information content (AvgIpc) is 3.21. The fourth-order valence-corrected chi connectivity index (χ4v) is 3.82. The predicted octanol–water partition coefficient (Wildman–Crippen LogP) is 4.38. The fourth-order valence-electron chi connectivity index (χ4n) is 3.82. The van der Waals surface area contributed by atoms with Crippen molar-refractivity contribution in [1.82, 2.24) is 14.5 Å². The summed E-state index contributed by atoms with van der Waals surface area (Å²) in [6.45, 7) is 8.05. The van der Waals surface area contributed by atoms with E-state index < -0.39 is 6.09 Å². The third kappa shape index (κ3) is 5.85. The number of methoxy groups -OCH3 is 1. The number of hydrogen-bond donors (Lipinski definition) is 1. The smallest absolute Gasteiger partial charge is 0.411 e. The molecule has 1 aliphatic heterocycles. The van der Waals surface area contributed by atoms with Gasteiger partial charge in [0, 0.05) is 19.9 Å². The maximum absolute atomic E-state index is 12.4. The summed E-state index contributed by atoms with van der Waals surface area (Å²) in [6.07, 6.45) is 0.989. The summed E-state index contributed by atoms with van der Waals surface area (Å²) >= 11 is 0. The predicted molar refractivity (Wildman–Crippen MR) is 127 cm³/mol. The highest BCUT2D eigenvalue weighted by atomic mass is 16.6. The van der Waals surface area contributed by atoms with Gasteiger partial charge in [-0.05, 0) is 36.5 Å². The van der Waals surface area contributed by atoms with E-state index in [1.54, 1.807) is 14.2 Å². The molecule has 33 heavy (non-hydrogen) atoms. The number of amides is 1. The molecule has 1 aliphatic rings. The molecule has 2 heterocycles. The van der Waals surface area contributed by atoms with Crippen LogP contribution in [0, 0.1) is 5.92 Å². The second-order valence-corrected chi connectivity index (χ2v) is 8.09. The molecule has 2 aromatic rings. The molecule has 0 radical (unpaired) electrons. The number of carbonyl (C=O) groups is 1. The summed E-state index contributed by atoms with van der Waals surface area (Å²) in [7, 11) is 3.27. The van der Waals surface area contributed by atoms with Crippen molar-refractivity contribution in [3.05, 3.63) is 35.5 Å². The molecule has 182 valence electrons. The number of fused-ring (bicyclic) bond motifs is 3. The lowest BCUT2D eigenvalue weighted by atomic mass is 9.96. The number of rotatable bonds is 12. The molecule has 1 N–H and O–H groups in total. The van der Waals surface area contributed by atoms with Crippen molar-refractivity contribution in [2.45, 2.75) is 39.8 Å². The zero-order chi connectivity index (χ0) is 23.8. The van der Waals surface area contributed by atoms with Gasteiger partial charge in [-0.2, -0.15) is 0 Å². The highest BCUT2D eigenvalue weighted by Crippen LogP contribution is 2.39. The second-order valence-electron chi connectivity index (χ2n) is 8.09. The highest BCUT2D eigenvalue weighted by Gasteiger charge is 2.32. The van der Waals surface area contributed by atoms with Crippen molar-refractivity contribution in [2.75, 3.05) is 52.6 Å². The SMILES string of the molecule is CCC1=C(C(C)CC)Nc2nc3ccccc3n2C1OCN(C)C(=O)OCCOCCOC.